The Morgan fingerprint density at radius 1 is 1.30 bits per heavy atom. The van der Waals surface area contributed by atoms with E-state index in [2.05, 4.69) is 23.2 Å². The van der Waals surface area contributed by atoms with E-state index in [-0.39, 0.29) is 0 Å². The van der Waals surface area contributed by atoms with Crippen molar-refractivity contribution < 1.29 is 4.42 Å². The molecule has 1 N–H and O–H groups in total. The van der Waals surface area contributed by atoms with E-state index in [1.165, 1.54) is 57.1 Å². The second kappa shape index (κ2) is 6.77. The first-order valence-electron chi connectivity index (χ1n) is 8.39. The van der Waals surface area contributed by atoms with Gasteiger partial charge in [-0.25, -0.2) is 0 Å². The zero-order chi connectivity index (χ0) is 13.8. The summed E-state index contributed by atoms with van der Waals surface area (Å²) < 4.78 is 5.69. The fourth-order valence-electron chi connectivity index (χ4n) is 3.33. The van der Waals surface area contributed by atoms with Gasteiger partial charge < -0.3 is 9.73 Å². The van der Waals surface area contributed by atoms with Gasteiger partial charge in [0, 0.05) is 24.2 Å². The van der Waals surface area contributed by atoms with Gasteiger partial charge in [0.15, 0.2) is 0 Å². The Hall–Kier alpha value is -0.800. The Labute approximate surface area is 122 Å². The molecule has 0 spiro atoms. The maximum absolute atomic E-state index is 5.69. The predicted octanol–water partition coefficient (Wildman–Crippen LogP) is 3.69. The molecule has 1 aromatic heterocycles. The third kappa shape index (κ3) is 3.64. The normalized spacial score (nSPS) is 24.1. The summed E-state index contributed by atoms with van der Waals surface area (Å²) in [6.07, 6.45) is 11.3. The van der Waals surface area contributed by atoms with E-state index < -0.39 is 0 Å². The lowest BCUT2D eigenvalue weighted by atomic mass is 9.97. The zero-order valence-corrected chi connectivity index (χ0v) is 12.7. The molecule has 0 amide bonds. The maximum Gasteiger partial charge on any atom is 0.122 e. The molecule has 3 rings (SSSR count). The molecule has 0 aromatic carbocycles. The first-order valence-corrected chi connectivity index (χ1v) is 8.39. The first-order chi connectivity index (χ1) is 9.86. The van der Waals surface area contributed by atoms with E-state index in [4.69, 9.17) is 4.42 Å². The minimum atomic E-state index is 0.746. The van der Waals surface area contributed by atoms with Gasteiger partial charge in [0.25, 0.3) is 0 Å². The van der Waals surface area contributed by atoms with E-state index in [9.17, 15) is 0 Å². The van der Waals surface area contributed by atoms with Gasteiger partial charge >= 0.3 is 0 Å². The third-order valence-electron chi connectivity index (χ3n) is 4.71. The Bertz CT molecular complexity index is 409. The van der Waals surface area contributed by atoms with Gasteiger partial charge in [0.2, 0.25) is 0 Å². The predicted molar refractivity (Wildman–Crippen MR) is 81.5 cm³/mol. The zero-order valence-electron chi connectivity index (χ0n) is 12.7. The lowest BCUT2D eigenvalue weighted by Crippen LogP contribution is -2.39. The van der Waals surface area contributed by atoms with Gasteiger partial charge in [0.05, 0.1) is 12.8 Å². The highest BCUT2D eigenvalue weighted by molar-refractivity contribution is 5.17. The van der Waals surface area contributed by atoms with Crippen molar-refractivity contribution >= 4 is 0 Å². The second-order valence-electron chi connectivity index (χ2n) is 6.43. The average molecular weight is 276 g/mol. The Kier molecular flexibility index (Phi) is 4.79. The summed E-state index contributed by atoms with van der Waals surface area (Å²) in [4.78, 5) is 2.68. The van der Waals surface area contributed by atoms with Gasteiger partial charge in [-0.2, -0.15) is 0 Å². The Morgan fingerprint density at radius 3 is 3.00 bits per heavy atom. The largest absolute Gasteiger partial charge is 0.468 e. The molecule has 0 bridgehead atoms. The summed E-state index contributed by atoms with van der Waals surface area (Å²) >= 11 is 0. The van der Waals surface area contributed by atoms with Crippen LogP contribution in [0.3, 0.4) is 0 Å². The number of hydrogen-bond acceptors (Lipinski definition) is 3. The summed E-state index contributed by atoms with van der Waals surface area (Å²) in [7, 11) is 0. The summed E-state index contributed by atoms with van der Waals surface area (Å²) in [5.41, 5.74) is 1.39. The molecule has 3 heteroatoms. The van der Waals surface area contributed by atoms with Crippen LogP contribution < -0.4 is 5.32 Å². The van der Waals surface area contributed by atoms with Crippen molar-refractivity contribution in [3.05, 3.63) is 23.7 Å². The van der Waals surface area contributed by atoms with Crippen molar-refractivity contribution in [3.8, 4) is 0 Å². The van der Waals surface area contributed by atoms with Crippen LogP contribution in [0.2, 0.25) is 0 Å². The molecule has 2 fully saturated rings. The molecule has 1 saturated heterocycles. The molecule has 2 heterocycles. The second-order valence-corrected chi connectivity index (χ2v) is 6.43. The molecule has 20 heavy (non-hydrogen) atoms. The maximum atomic E-state index is 5.69. The van der Waals surface area contributed by atoms with Gasteiger partial charge in [0.1, 0.15) is 5.76 Å². The SMILES string of the molecule is CCCC1CCCCN1Cc1ccoc1CNC1CC1. The van der Waals surface area contributed by atoms with E-state index in [0.29, 0.717) is 0 Å². The van der Waals surface area contributed by atoms with Gasteiger partial charge in [-0.1, -0.05) is 19.8 Å². The highest BCUT2D eigenvalue weighted by Gasteiger charge is 2.24. The quantitative estimate of drug-likeness (QED) is 0.823. The molecule has 2 aliphatic rings. The van der Waals surface area contributed by atoms with Crippen LogP contribution in [0.5, 0.6) is 0 Å². The Morgan fingerprint density at radius 2 is 2.20 bits per heavy atom. The molecule has 1 aliphatic carbocycles. The van der Waals surface area contributed by atoms with E-state index in [0.717, 1.165) is 30.9 Å². The topological polar surface area (TPSA) is 28.4 Å². The number of nitrogens with one attached hydrogen (secondary N) is 1. The molecule has 3 nitrogen and oxygen atoms in total. The molecular formula is C17H28N2O. The number of hydrogen-bond donors (Lipinski definition) is 1. The number of piperidine rings is 1. The minimum Gasteiger partial charge on any atom is -0.468 e. The smallest absolute Gasteiger partial charge is 0.122 e. The van der Waals surface area contributed by atoms with Crippen molar-refractivity contribution in [1.82, 2.24) is 10.2 Å². The van der Waals surface area contributed by atoms with Crippen LogP contribution in [0, 0.1) is 0 Å². The number of furan rings is 1. The van der Waals surface area contributed by atoms with Crippen LogP contribution in [-0.4, -0.2) is 23.5 Å². The van der Waals surface area contributed by atoms with E-state index >= 15 is 0 Å². The molecule has 1 atom stereocenters. The summed E-state index contributed by atoms with van der Waals surface area (Å²) in [6, 6.07) is 3.70. The molecule has 1 aliphatic heterocycles. The number of nitrogens with zero attached hydrogens (tertiary/aromatic N) is 1. The fourth-order valence-corrected chi connectivity index (χ4v) is 3.33. The standard InChI is InChI=1S/C17H28N2O/c1-2-5-16-6-3-4-10-19(16)13-14-9-11-20-17(14)12-18-15-7-8-15/h9,11,15-16,18H,2-8,10,12-13H2,1H3. The minimum absolute atomic E-state index is 0.746. The lowest BCUT2D eigenvalue weighted by molar-refractivity contribution is 0.130. The summed E-state index contributed by atoms with van der Waals surface area (Å²) in [5.74, 6) is 1.15. The van der Waals surface area contributed by atoms with Crippen LogP contribution in [0.15, 0.2) is 16.7 Å². The average Bonchev–Trinajstić information content (AvgIpc) is 3.19. The van der Waals surface area contributed by atoms with Crippen molar-refractivity contribution in [2.45, 2.75) is 77.0 Å². The molecule has 1 unspecified atom stereocenters. The first kappa shape index (κ1) is 14.2. The van der Waals surface area contributed by atoms with Crippen LogP contribution in [-0.2, 0) is 13.1 Å². The molecule has 0 radical (unpaired) electrons. The number of likely N-dealkylation sites (tertiary alicyclic amines) is 1. The van der Waals surface area contributed by atoms with Crippen molar-refractivity contribution in [2.75, 3.05) is 6.54 Å². The molecular weight excluding hydrogens is 248 g/mol. The van der Waals surface area contributed by atoms with Crippen molar-refractivity contribution in [2.24, 2.45) is 0 Å². The monoisotopic (exact) mass is 276 g/mol. The van der Waals surface area contributed by atoms with E-state index in [1.54, 1.807) is 0 Å². The molecule has 112 valence electrons. The van der Waals surface area contributed by atoms with Crippen LogP contribution in [0.4, 0.5) is 0 Å². The number of rotatable bonds is 7. The van der Waals surface area contributed by atoms with Crippen molar-refractivity contribution in [3.63, 3.8) is 0 Å². The van der Waals surface area contributed by atoms with E-state index in [1.807, 2.05) is 6.26 Å². The third-order valence-corrected chi connectivity index (χ3v) is 4.71. The highest BCUT2D eigenvalue weighted by Crippen LogP contribution is 2.25. The summed E-state index contributed by atoms with van der Waals surface area (Å²) in [5, 5.41) is 3.56. The lowest BCUT2D eigenvalue weighted by Gasteiger charge is -2.35. The van der Waals surface area contributed by atoms with Crippen molar-refractivity contribution in [1.29, 1.82) is 0 Å². The Balaban J connectivity index is 1.58. The summed E-state index contributed by atoms with van der Waals surface area (Å²) in [6.45, 7) is 5.53. The van der Waals surface area contributed by atoms with Gasteiger partial charge in [-0.05, 0) is 44.7 Å². The van der Waals surface area contributed by atoms with Gasteiger partial charge in [-0.3, -0.25) is 4.90 Å². The fraction of sp³-hybridized carbons (Fsp3) is 0.765. The van der Waals surface area contributed by atoms with Crippen LogP contribution in [0.25, 0.3) is 0 Å². The van der Waals surface area contributed by atoms with Crippen LogP contribution >= 0.6 is 0 Å². The highest BCUT2D eigenvalue weighted by atomic mass is 16.3. The van der Waals surface area contributed by atoms with Crippen LogP contribution in [0.1, 0.15) is 63.2 Å². The van der Waals surface area contributed by atoms with Gasteiger partial charge in [-0.15, -0.1) is 0 Å². The molecule has 1 aromatic rings. The molecule has 1 saturated carbocycles.